The Labute approximate surface area is 96.5 Å². The molecule has 1 N–H and O–H groups in total. The van der Waals surface area contributed by atoms with Gasteiger partial charge in [0.05, 0.1) is 5.56 Å². The Morgan fingerprint density at radius 3 is 2.69 bits per heavy atom. The van der Waals surface area contributed by atoms with Crippen molar-refractivity contribution in [2.45, 2.75) is 33.3 Å². The number of hydrogen-bond acceptors (Lipinski definition) is 4. The fraction of sp³-hybridized carbons (Fsp3) is 0.500. The monoisotopic (exact) mass is 219 g/mol. The molecule has 0 saturated heterocycles. The van der Waals surface area contributed by atoms with Crippen LogP contribution in [0.5, 0.6) is 5.88 Å². The van der Waals surface area contributed by atoms with Crippen LogP contribution in [0.3, 0.4) is 0 Å². The molecule has 86 valence electrons. The predicted octanol–water partition coefficient (Wildman–Crippen LogP) is 1.79. The molecule has 1 aromatic heterocycles. The fourth-order valence-electron chi connectivity index (χ4n) is 1.26. The highest BCUT2D eigenvalue weighted by Crippen LogP contribution is 2.22. The highest BCUT2D eigenvalue weighted by Gasteiger charge is 2.12. The zero-order valence-electron chi connectivity index (χ0n) is 10.2. The van der Waals surface area contributed by atoms with Crippen molar-refractivity contribution in [3.63, 3.8) is 0 Å². The maximum atomic E-state index is 5.55. The van der Waals surface area contributed by atoms with E-state index in [1.165, 1.54) is 0 Å². The van der Waals surface area contributed by atoms with Crippen LogP contribution in [0.25, 0.3) is 0 Å². The first kappa shape index (κ1) is 12.3. The molecule has 1 rings (SSSR count). The van der Waals surface area contributed by atoms with Crippen molar-refractivity contribution in [1.29, 1.82) is 0 Å². The van der Waals surface area contributed by atoms with Crippen LogP contribution in [0.1, 0.15) is 25.2 Å². The van der Waals surface area contributed by atoms with E-state index in [2.05, 4.69) is 21.2 Å². The molecule has 0 aromatic carbocycles. The van der Waals surface area contributed by atoms with E-state index in [4.69, 9.17) is 11.2 Å². The van der Waals surface area contributed by atoms with Crippen molar-refractivity contribution in [3.05, 3.63) is 11.4 Å². The lowest BCUT2D eigenvalue weighted by molar-refractivity contribution is 0.264. The summed E-state index contributed by atoms with van der Waals surface area (Å²) in [6.45, 7) is 5.72. The Hall–Kier alpha value is -1.76. The quantitative estimate of drug-likeness (QED) is 0.784. The molecule has 0 aliphatic rings. The number of ether oxygens (including phenoxy) is 1. The minimum Gasteiger partial charge on any atom is -0.461 e. The van der Waals surface area contributed by atoms with Gasteiger partial charge < -0.3 is 10.1 Å². The highest BCUT2D eigenvalue weighted by atomic mass is 16.5. The lowest BCUT2D eigenvalue weighted by atomic mass is 10.3. The average Bonchev–Trinajstić information content (AvgIpc) is 2.31. The van der Waals surface area contributed by atoms with Gasteiger partial charge >= 0.3 is 0 Å². The Kier molecular flexibility index (Phi) is 4.12. The van der Waals surface area contributed by atoms with Crippen molar-refractivity contribution in [2.24, 2.45) is 0 Å². The zero-order valence-corrected chi connectivity index (χ0v) is 10.2. The molecule has 0 aliphatic heterocycles. The second kappa shape index (κ2) is 5.36. The van der Waals surface area contributed by atoms with Crippen molar-refractivity contribution in [1.82, 2.24) is 9.97 Å². The Bertz CT molecular complexity index is 409. The van der Waals surface area contributed by atoms with Gasteiger partial charge in [0, 0.05) is 13.5 Å². The van der Waals surface area contributed by atoms with Gasteiger partial charge in [0.1, 0.15) is 11.6 Å². The molecule has 0 spiro atoms. The topological polar surface area (TPSA) is 47.0 Å². The van der Waals surface area contributed by atoms with Gasteiger partial charge in [-0.1, -0.05) is 12.8 Å². The van der Waals surface area contributed by atoms with Gasteiger partial charge in [-0.15, -0.1) is 6.42 Å². The molecule has 0 fully saturated rings. The molecular weight excluding hydrogens is 202 g/mol. The van der Waals surface area contributed by atoms with Gasteiger partial charge in [0.15, 0.2) is 6.10 Å². The Morgan fingerprint density at radius 1 is 1.50 bits per heavy atom. The third-order valence-corrected chi connectivity index (χ3v) is 2.22. The summed E-state index contributed by atoms with van der Waals surface area (Å²) in [5.41, 5.74) is 0.877. The first-order chi connectivity index (χ1) is 7.62. The van der Waals surface area contributed by atoms with Crippen LogP contribution in [0.2, 0.25) is 0 Å². The lowest BCUT2D eigenvalue weighted by Crippen LogP contribution is -2.13. The van der Waals surface area contributed by atoms with Gasteiger partial charge in [-0.05, 0) is 13.8 Å². The second-order valence-corrected chi connectivity index (χ2v) is 3.45. The number of nitrogens with zero attached hydrogens (tertiary/aromatic N) is 2. The minimum atomic E-state index is -0.289. The van der Waals surface area contributed by atoms with Gasteiger partial charge in [-0.2, -0.15) is 4.98 Å². The molecule has 0 aliphatic carbocycles. The summed E-state index contributed by atoms with van der Waals surface area (Å²) in [5.74, 6) is 4.60. The first-order valence-corrected chi connectivity index (χ1v) is 5.30. The summed E-state index contributed by atoms with van der Waals surface area (Å²) >= 11 is 0. The van der Waals surface area contributed by atoms with E-state index < -0.39 is 0 Å². The van der Waals surface area contributed by atoms with E-state index in [-0.39, 0.29) is 6.10 Å². The van der Waals surface area contributed by atoms with E-state index in [0.29, 0.717) is 5.88 Å². The van der Waals surface area contributed by atoms with Gasteiger partial charge in [-0.25, -0.2) is 4.98 Å². The normalized spacial score (nSPS) is 11.7. The summed E-state index contributed by atoms with van der Waals surface area (Å²) in [4.78, 5) is 8.67. The SMILES string of the molecule is C#CC(C)Oc1nc(CC)nc(NC)c1C. The third-order valence-electron chi connectivity index (χ3n) is 2.22. The van der Waals surface area contributed by atoms with Crippen LogP contribution in [-0.4, -0.2) is 23.1 Å². The Morgan fingerprint density at radius 2 is 2.19 bits per heavy atom. The standard InChI is InChI=1S/C12H17N3O/c1-6-8(3)16-12-9(4)11(13-5)14-10(7-2)15-12/h1,8H,7H2,2-5H3,(H,13,14,15). The molecule has 0 radical (unpaired) electrons. The molecule has 0 amide bonds. The second-order valence-electron chi connectivity index (χ2n) is 3.45. The molecule has 1 unspecified atom stereocenters. The summed E-state index contributed by atoms with van der Waals surface area (Å²) in [7, 11) is 1.82. The molecule has 1 atom stereocenters. The molecule has 1 aromatic rings. The number of nitrogens with one attached hydrogen (secondary N) is 1. The summed E-state index contributed by atoms with van der Waals surface area (Å²) in [6.07, 6.45) is 5.75. The number of hydrogen-bond donors (Lipinski definition) is 1. The number of rotatable bonds is 4. The van der Waals surface area contributed by atoms with E-state index in [1.54, 1.807) is 0 Å². The van der Waals surface area contributed by atoms with Crippen molar-refractivity contribution in [3.8, 4) is 18.2 Å². The summed E-state index contributed by atoms with van der Waals surface area (Å²) in [5, 5.41) is 3.02. The molecule has 16 heavy (non-hydrogen) atoms. The molecule has 4 heteroatoms. The molecule has 1 heterocycles. The Balaban J connectivity index is 3.11. The van der Waals surface area contributed by atoms with Crippen LogP contribution in [0.4, 0.5) is 5.82 Å². The van der Waals surface area contributed by atoms with E-state index in [1.807, 2.05) is 27.8 Å². The number of anilines is 1. The average molecular weight is 219 g/mol. The largest absolute Gasteiger partial charge is 0.461 e. The summed E-state index contributed by atoms with van der Waals surface area (Å²) < 4.78 is 5.55. The van der Waals surface area contributed by atoms with Crippen molar-refractivity contribution in [2.75, 3.05) is 12.4 Å². The number of aromatic nitrogens is 2. The van der Waals surface area contributed by atoms with E-state index in [0.717, 1.165) is 23.6 Å². The highest BCUT2D eigenvalue weighted by molar-refractivity contribution is 5.48. The number of aryl methyl sites for hydroxylation is 1. The lowest BCUT2D eigenvalue weighted by Gasteiger charge is -2.14. The molecule has 0 saturated carbocycles. The van der Waals surface area contributed by atoms with Crippen molar-refractivity contribution < 1.29 is 4.74 Å². The fourth-order valence-corrected chi connectivity index (χ4v) is 1.26. The third kappa shape index (κ3) is 2.63. The van der Waals surface area contributed by atoms with Gasteiger partial charge in [-0.3, -0.25) is 0 Å². The van der Waals surface area contributed by atoms with E-state index in [9.17, 15) is 0 Å². The van der Waals surface area contributed by atoms with Gasteiger partial charge in [0.25, 0.3) is 0 Å². The van der Waals surface area contributed by atoms with Crippen molar-refractivity contribution >= 4 is 5.82 Å². The maximum absolute atomic E-state index is 5.55. The molecular formula is C12H17N3O. The first-order valence-electron chi connectivity index (χ1n) is 5.30. The van der Waals surface area contributed by atoms with Crippen LogP contribution >= 0.6 is 0 Å². The predicted molar refractivity (Wildman–Crippen MR) is 64.6 cm³/mol. The van der Waals surface area contributed by atoms with E-state index >= 15 is 0 Å². The molecule has 4 nitrogen and oxygen atoms in total. The van der Waals surface area contributed by atoms with Crippen LogP contribution in [-0.2, 0) is 6.42 Å². The smallest absolute Gasteiger partial charge is 0.223 e. The maximum Gasteiger partial charge on any atom is 0.223 e. The summed E-state index contributed by atoms with van der Waals surface area (Å²) in [6, 6.07) is 0. The van der Waals surface area contributed by atoms with Gasteiger partial charge in [0.2, 0.25) is 5.88 Å². The number of terminal acetylenes is 1. The minimum absolute atomic E-state index is 0.289. The van der Waals surface area contributed by atoms with Crippen LogP contribution < -0.4 is 10.1 Å². The van der Waals surface area contributed by atoms with Crippen LogP contribution in [0.15, 0.2) is 0 Å². The van der Waals surface area contributed by atoms with Crippen LogP contribution in [0, 0.1) is 19.3 Å². The molecule has 0 bridgehead atoms. The zero-order chi connectivity index (χ0) is 12.1.